The number of aliphatic carboxylic acids is 1. The van der Waals surface area contributed by atoms with Gasteiger partial charge in [-0.3, -0.25) is 4.79 Å². The summed E-state index contributed by atoms with van der Waals surface area (Å²) in [5, 5.41) is 8.76. The Morgan fingerprint density at radius 1 is 1.86 bits per heavy atom. The number of aromatic nitrogens is 2. The Morgan fingerprint density at radius 2 is 2.50 bits per heavy atom. The monoisotopic (exact) mass is 221 g/mol. The average molecular weight is 222 g/mol. The Hall–Kier alpha value is -1.14. The number of alkyl halides is 1. The minimum atomic E-state index is -1.68. The second-order valence-corrected chi connectivity index (χ2v) is 3.21. The highest BCUT2D eigenvalue weighted by molar-refractivity contribution is 6.20. The molecule has 0 aliphatic carbocycles. The van der Waals surface area contributed by atoms with Gasteiger partial charge < -0.3 is 15.4 Å². The van der Waals surface area contributed by atoms with Gasteiger partial charge in [0.05, 0.1) is 24.9 Å². The Bertz CT molecular complexity index is 343. The first-order chi connectivity index (χ1) is 6.49. The van der Waals surface area contributed by atoms with Gasteiger partial charge in [-0.05, 0) is 0 Å². The average Bonchev–Trinajstić information content (AvgIpc) is 2.51. The number of halogens is 2. The first kappa shape index (κ1) is 10.9. The summed E-state index contributed by atoms with van der Waals surface area (Å²) in [6.07, 6.45) is 2.13. The molecule has 0 fully saturated rings. The van der Waals surface area contributed by atoms with Gasteiger partial charge in [0.15, 0.2) is 0 Å². The molecule has 0 radical (unpaired) electrons. The fourth-order valence-electron chi connectivity index (χ4n) is 0.892. The quantitative estimate of drug-likeness (QED) is 0.704. The van der Waals surface area contributed by atoms with Crippen LogP contribution in [0.3, 0.4) is 0 Å². The molecule has 0 amide bonds. The van der Waals surface area contributed by atoms with Gasteiger partial charge in [-0.1, -0.05) is 0 Å². The standard InChI is InChI=1S/C7H9ClFN3O2/c8-2-7(10,6(13)14)3-12-4-11-1-5(12)9/h1,4H,2-3,10H2,(H,13,14). The molecule has 14 heavy (non-hydrogen) atoms. The number of carboxylic acid groups (broad SMARTS) is 1. The minimum absolute atomic E-state index is 0.252. The van der Waals surface area contributed by atoms with Crippen LogP contribution in [0.4, 0.5) is 4.39 Å². The van der Waals surface area contributed by atoms with E-state index in [0.29, 0.717) is 0 Å². The molecule has 1 unspecified atom stereocenters. The van der Waals surface area contributed by atoms with E-state index in [1.165, 1.54) is 0 Å². The molecule has 0 saturated carbocycles. The summed E-state index contributed by atoms with van der Waals surface area (Å²) in [6.45, 7) is -0.252. The van der Waals surface area contributed by atoms with Crippen LogP contribution in [0.25, 0.3) is 0 Å². The number of carboxylic acids is 1. The van der Waals surface area contributed by atoms with Gasteiger partial charge in [0.2, 0.25) is 5.95 Å². The van der Waals surface area contributed by atoms with Crippen LogP contribution < -0.4 is 5.73 Å². The van der Waals surface area contributed by atoms with Gasteiger partial charge >= 0.3 is 5.97 Å². The van der Waals surface area contributed by atoms with Crippen LogP contribution in [-0.2, 0) is 11.3 Å². The molecule has 0 aliphatic heterocycles. The maximum atomic E-state index is 12.9. The van der Waals surface area contributed by atoms with Crippen molar-refractivity contribution in [3.63, 3.8) is 0 Å². The maximum Gasteiger partial charge on any atom is 0.326 e. The Labute approximate surface area is 84.3 Å². The molecule has 0 saturated heterocycles. The smallest absolute Gasteiger partial charge is 0.326 e. The van der Waals surface area contributed by atoms with Gasteiger partial charge in [0.1, 0.15) is 5.54 Å². The zero-order valence-electron chi connectivity index (χ0n) is 7.15. The van der Waals surface area contributed by atoms with Crippen LogP contribution in [0.15, 0.2) is 12.5 Å². The van der Waals surface area contributed by atoms with Gasteiger partial charge in [-0.2, -0.15) is 4.39 Å². The molecule has 1 rings (SSSR count). The van der Waals surface area contributed by atoms with E-state index in [0.717, 1.165) is 17.1 Å². The largest absolute Gasteiger partial charge is 0.480 e. The van der Waals surface area contributed by atoms with Gasteiger partial charge in [-0.15, -0.1) is 11.6 Å². The number of nitrogens with zero attached hydrogens (tertiary/aromatic N) is 2. The third-order valence-corrected chi connectivity index (χ3v) is 2.26. The van der Waals surface area contributed by atoms with Crippen molar-refractivity contribution in [2.24, 2.45) is 5.73 Å². The van der Waals surface area contributed by atoms with E-state index in [4.69, 9.17) is 22.4 Å². The van der Waals surface area contributed by atoms with Crippen molar-refractivity contribution in [3.05, 3.63) is 18.5 Å². The highest BCUT2D eigenvalue weighted by atomic mass is 35.5. The van der Waals surface area contributed by atoms with Crippen molar-refractivity contribution in [1.82, 2.24) is 9.55 Å². The third-order valence-electron chi connectivity index (χ3n) is 1.78. The van der Waals surface area contributed by atoms with E-state index in [2.05, 4.69) is 4.98 Å². The van der Waals surface area contributed by atoms with Crippen LogP contribution in [0.2, 0.25) is 0 Å². The zero-order valence-corrected chi connectivity index (χ0v) is 7.91. The molecule has 78 valence electrons. The molecule has 5 nitrogen and oxygen atoms in total. The second-order valence-electron chi connectivity index (χ2n) is 2.94. The van der Waals surface area contributed by atoms with E-state index < -0.39 is 17.5 Å². The zero-order chi connectivity index (χ0) is 10.8. The van der Waals surface area contributed by atoms with Crippen molar-refractivity contribution in [2.75, 3.05) is 5.88 Å². The summed E-state index contributed by atoms with van der Waals surface area (Å²) in [4.78, 5) is 14.2. The summed E-state index contributed by atoms with van der Waals surface area (Å²) in [7, 11) is 0. The number of carbonyl (C=O) groups is 1. The lowest BCUT2D eigenvalue weighted by Gasteiger charge is -2.21. The number of nitrogens with two attached hydrogens (primary N) is 1. The number of hydrogen-bond donors (Lipinski definition) is 2. The van der Waals surface area contributed by atoms with E-state index in [1.54, 1.807) is 0 Å². The molecule has 1 aromatic heterocycles. The van der Waals surface area contributed by atoms with Crippen molar-refractivity contribution < 1.29 is 14.3 Å². The predicted molar refractivity (Wildman–Crippen MR) is 47.5 cm³/mol. The molecular weight excluding hydrogens is 213 g/mol. The molecule has 0 bridgehead atoms. The van der Waals surface area contributed by atoms with Crippen LogP contribution in [0.5, 0.6) is 0 Å². The van der Waals surface area contributed by atoms with Crippen molar-refractivity contribution in [3.8, 4) is 0 Å². The molecule has 1 aromatic rings. The summed E-state index contributed by atoms with van der Waals surface area (Å²) >= 11 is 5.41. The number of rotatable bonds is 4. The minimum Gasteiger partial charge on any atom is -0.480 e. The summed E-state index contributed by atoms with van der Waals surface area (Å²) < 4.78 is 13.9. The highest BCUT2D eigenvalue weighted by Gasteiger charge is 2.34. The second kappa shape index (κ2) is 3.93. The first-order valence-electron chi connectivity index (χ1n) is 3.73. The van der Waals surface area contributed by atoms with Crippen molar-refractivity contribution in [2.45, 2.75) is 12.1 Å². The molecule has 1 atom stereocenters. The lowest BCUT2D eigenvalue weighted by atomic mass is 10.0. The normalized spacial score (nSPS) is 15.1. The SMILES string of the molecule is NC(CCl)(Cn1cncc1F)C(=O)O. The van der Waals surface area contributed by atoms with Gasteiger partial charge in [0.25, 0.3) is 0 Å². The maximum absolute atomic E-state index is 12.9. The lowest BCUT2D eigenvalue weighted by molar-refractivity contribution is -0.143. The Kier molecular flexibility index (Phi) is 3.07. The number of hydrogen-bond acceptors (Lipinski definition) is 3. The summed E-state index contributed by atoms with van der Waals surface area (Å²) in [5.74, 6) is -2.23. The summed E-state index contributed by atoms with van der Waals surface area (Å²) in [6, 6.07) is 0. The van der Waals surface area contributed by atoms with Crippen LogP contribution >= 0.6 is 11.6 Å². The third kappa shape index (κ3) is 2.02. The van der Waals surface area contributed by atoms with Crippen molar-refractivity contribution in [1.29, 1.82) is 0 Å². The van der Waals surface area contributed by atoms with Crippen LogP contribution in [-0.4, -0.2) is 32.0 Å². The fraction of sp³-hybridized carbons (Fsp3) is 0.429. The molecule has 3 N–H and O–H groups in total. The first-order valence-corrected chi connectivity index (χ1v) is 4.27. The molecule has 0 spiro atoms. The van der Waals surface area contributed by atoms with Gasteiger partial charge in [0, 0.05) is 0 Å². The van der Waals surface area contributed by atoms with Crippen LogP contribution in [0.1, 0.15) is 0 Å². The predicted octanol–water partition coefficient (Wildman–Crippen LogP) is 0.0431. The van der Waals surface area contributed by atoms with E-state index in [-0.39, 0.29) is 12.4 Å². The topological polar surface area (TPSA) is 81.1 Å². The molecule has 0 aliphatic rings. The van der Waals surface area contributed by atoms with E-state index in [1.807, 2.05) is 0 Å². The van der Waals surface area contributed by atoms with Crippen molar-refractivity contribution >= 4 is 17.6 Å². The molecule has 0 aromatic carbocycles. The Morgan fingerprint density at radius 3 is 2.86 bits per heavy atom. The number of imidazole rings is 1. The molecule has 7 heteroatoms. The summed E-state index contributed by atoms with van der Waals surface area (Å²) in [5.41, 5.74) is 3.78. The highest BCUT2D eigenvalue weighted by Crippen LogP contribution is 2.09. The van der Waals surface area contributed by atoms with E-state index in [9.17, 15) is 9.18 Å². The molecule has 1 heterocycles. The fourth-order valence-corrected chi connectivity index (χ4v) is 1.09. The lowest BCUT2D eigenvalue weighted by Crippen LogP contribution is -2.53. The molecular formula is C7H9ClFN3O2. The van der Waals surface area contributed by atoms with Gasteiger partial charge in [-0.25, -0.2) is 4.98 Å². The Balaban J connectivity index is 2.86. The van der Waals surface area contributed by atoms with E-state index >= 15 is 0 Å². The van der Waals surface area contributed by atoms with Crippen LogP contribution in [0, 0.1) is 5.95 Å².